The minimum Gasteiger partial charge on any atom is -0.477 e. The summed E-state index contributed by atoms with van der Waals surface area (Å²) in [5.41, 5.74) is -0.343. The topological polar surface area (TPSA) is 106 Å². The van der Waals surface area contributed by atoms with Gasteiger partial charge in [-0.05, 0) is 24.6 Å². The maximum atomic E-state index is 11.3. The fraction of sp³-hybridized carbons (Fsp3) is 0.214. The van der Waals surface area contributed by atoms with Crippen LogP contribution in [0.1, 0.15) is 34.6 Å². The van der Waals surface area contributed by atoms with Gasteiger partial charge in [0.25, 0.3) is 5.69 Å². The number of rotatable bonds is 6. The molecule has 21 heavy (non-hydrogen) atoms. The van der Waals surface area contributed by atoms with Crippen LogP contribution in [-0.4, -0.2) is 16.0 Å². The van der Waals surface area contributed by atoms with E-state index in [4.69, 9.17) is 4.42 Å². The zero-order valence-corrected chi connectivity index (χ0v) is 11.3. The second-order valence-electron chi connectivity index (χ2n) is 4.49. The third-order valence-electron chi connectivity index (χ3n) is 3.11. The predicted molar refractivity (Wildman–Crippen MR) is 74.0 cm³/mol. The number of furan rings is 1. The number of benzene rings is 1. The van der Waals surface area contributed by atoms with Gasteiger partial charge in [-0.3, -0.25) is 10.1 Å². The van der Waals surface area contributed by atoms with Crippen LogP contribution in [0.2, 0.25) is 0 Å². The molecule has 1 unspecified atom stereocenters. The lowest BCUT2D eigenvalue weighted by atomic mass is 10.0. The molecule has 1 aromatic heterocycles. The normalized spacial score (nSPS) is 12.0. The summed E-state index contributed by atoms with van der Waals surface area (Å²) in [6.45, 7) is 2.04. The first-order valence-corrected chi connectivity index (χ1v) is 6.27. The van der Waals surface area contributed by atoms with Crippen molar-refractivity contribution in [2.24, 2.45) is 0 Å². The molecule has 2 aromatic rings. The lowest BCUT2D eigenvalue weighted by molar-refractivity contribution is -0.385. The number of hydrogen-bond donors (Lipinski definition) is 2. The number of nitrogens with zero attached hydrogens (tertiary/aromatic N) is 1. The Balaban J connectivity index is 2.22. The molecular formula is C14H14N2O5. The molecule has 0 aliphatic carbocycles. The second-order valence-corrected chi connectivity index (χ2v) is 4.49. The van der Waals surface area contributed by atoms with Crippen molar-refractivity contribution in [3.63, 3.8) is 0 Å². The van der Waals surface area contributed by atoms with E-state index in [0.29, 0.717) is 11.3 Å². The summed E-state index contributed by atoms with van der Waals surface area (Å²) in [5.74, 6) is -0.609. The molecule has 2 rings (SSSR count). The molecule has 110 valence electrons. The highest BCUT2D eigenvalue weighted by atomic mass is 16.6. The van der Waals surface area contributed by atoms with Crippen molar-refractivity contribution in [3.05, 3.63) is 63.6 Å². The fourth-order valence-electron chi connectivity index (χ4n) is 2.03. The van der Waals surface area contributed by atoms with Crippen LogP contribution in [-0.2, 0) is 6.54 Å². The van der Waals surface area contributed by atoms with Crippen LogP contribution in [0.4, 0.5) is 5.69 Å². The Labute approximate surface area is 120 Å². The predicted octanol–water partition coefficient (Wildman–Crippen LogP) is 2.74. The fourth-order valence-corrected chi connectivity index (χ4v) is 2.03. The van der Waals surface area contributed by atoms with Crippen LogP contribution < -0.4 is 5.32 Å². The molecule has 1 aromatic carbocycles. The molecule has 2 N–H and O–H groups in total. The van der Waals surface area contributed by atoms with Gasteiger partial charge in [0.05, 0.1) is 17.2 Å². The van der Waals surface area contributed by atoms with Gasteiger partial charge >= 0.3 is 5.97 Å². The molecule has 0 amide bonds. The van der Waals surface area contributed by atoms with Crippen LogP contribution in [0.5, 0.6) is 0 Å². The van der Waals surface area contributed by atoms with Gasteiger partial charge in [0, 0.05) is 12.6 Å². The van der Waals surface area contributed by atoms with E-state index < -0.39 is 16.6 Å². The van der Waals surface area contributed by atoms with Crippen LogP contribution >= 0.6 is 0 Å². The van der Waals surface area contributed by atoms with E-state index in [1.807, 2.05) is 6.92 Å². The van der Waals surface area contributed by atoms with Crippen LogP contribution in [0.15, 0.2) is 41.0 Å². The smallest absolute Gasteiger partial charge is 0.343 e. The SMILES string of the molecule is CC(NCc1cccc([N+](=O)[O-])c1C(=O)O)c1ccco1. The summed E-state index contributed by atoms with van der Waals surface area (Å²) in [5, 5.41) is 23.2. The van der Waals surface area contributed by atoms with E-state index in [-0.39, 0.29) is 18.2 Å². The average molecular weight is 290 g/mol. The number of nitro groups is 1. The summed E-state index contributed by atoms with van der Waals surface area (Å²) < 4.78 is 5.24. The highest BCUT2D eigenvalue weighted by Crippen LogP contribution is 2.23. The molecule has 0 bridgehead atoms. The second kappa shape index (κ2) is 6.19. The Hall–Kier alpha value is -2.67. The molecular weight excluding hydrogens is 276 g/mol. The zero-order chi connectivity index (χ0) is 15.4. The van der Waals surface area contributed by atoms with Crippen molar-refractivity contribution < 1.29 is 19.2 Å². The van der Waals surface area contributed by atoms with Gasteiger partial charge in [0.2, 0.25) is 0 Å². The molecule has 0 aliphatic heterocycles. The van der Waals surface area contributed by atoms with Crippen LogP contribution in [0.3, 0.4) is 0 Å². The van der Waals surface area contributed by atoms with Crippen LogP contribution in [0, 0.1) is 10.1 Å². The maximum absolute atomic E-state index is 11.3. The summed E-state index contributed by atoms with van der Waals surface area (Å²) in [7, 11) is 0. The Kier molecular flexibility index (Phi) is 4.34. The number of carbonyl (C=O) groups is 1. The van der Waals surface area contributed by atoms with E-state index in [9.17, 15) is 20.0 Å². The first-order valence-electron chi connectivity index (χ1n) is 6.27. The van der Waals surface area contributed by atoms with Gasteiger partial charge in [0.1, 0.15) is 11.3 Å². The Bertz CT molecular complexity index is 651. The number of nitro benzene ring substituents is 1. The largest absolute Gasteiger partial charge is 0.477 e. The van der Waals surface area contributed by atoms with Gasteiger partial charge in [0.15, 0.2) is 0 Å². The molecule has 0 radical (unpaired) electrons. The quantitative estimate of drug-likeness (QED) is 0.626. The van der Waals surface area contributed by atoms with Gasteiger partial charge in [-0.1, -0.05) is 12.1 Å². The molecule has 0 saturated carbocycles. The van der Waals surface area contributed by atoms with Crippen molar-refractivity contribution in [3.8, 4) is 0 Å². The average Bonchev–Trinajstić information content (AvgIpc) is 2.98. The molecule has 0 spiro atoms. The van der Waals surface area contributed by atoms with Gasteiger partial charge < -0.3 is 14.8 Å². The maximum Gasteiger partial charge on any atom is 0.343 e. The zero-order valence-electron chi connectivity index (χ0n) is 11.3. The number of aromatic carboxylic acids is 1. The highest BCUT2D eigenvalue weighted by molar-refractivity contribution is 5.94. The number of carboxylic acid groups (broad SMARTS) is 1. The third kappa shape index (κ3) is 3.26. The Morgan fingerprint density at radius 3 is 2.76 bits per heavy atom. The summed E-state index contributed by atoms with van der Waals surface area (Å²) in [6, 6.07) is 7.62. The molecule has 0 saturated heterocycles. The highest BCUT2D eigenvalue weighted by Gasteiger charge is 2.23. The first-order chi connectivity index (χ1) is 10.0. The monoisotopic (exact) mass is 290 g/mol. The van der Waals surface area contributed by atoms with E-state index in [0.717, 1.165) is 0 Å². The van der Waals surface area contributed by atoms with Crippen molar-refractivity contribution >= 4 is 11.7 Å². The van der Waals surface area contributed by atoms with Crippen molar-refractivity contribution in [2.45, 2.75) is 19.5 Å². The molecule has 0 fully saturated rings. The number of carboxylic acids is 1. The minimum atomic E-state index is -1.32. The van der Waals surface area contributed by atoms with Crippen molar-refractivity contribution in [1.82, 2.24) is 5.32 Å². The standard InChI is InChI=1S/C14H14N2O5/c1-9(12-6-3-7-21-12)15-8-10-4-2-5-11(16(19)20)13(10)14(17)18/h2-7,9,15H,8H2,1H3,(H,17,18). The van der Waals surface area contributed by atoms with Crippen LogP contribution in [0.25, 0.3) is 0 Å². The lowest BCUT2D eigenvalue weighted by Gasteiger charge is -2.12. The molecule has 7 nitrogen and oxygen atoms in total. The number of nitrogens with one attached hydrogen (secondary N) is 1. The summed E-state index contributed by atoms with van der Waals surface area (Å²) in [6.07, 6.45) is 1.55. The minimum absolute atomic E-state index is 0.138. The van der Waals surface area contributed by atoms with Gasteiger partial charge in [-0.2, -0.15) is 0 Å². The van der Waals surface area contributed by atoms with Crippen molar-refractivity contribution in [2.75, 3.05) is 0 Å². The Morgan fingerprint density at radius 2 is 2.19 bits per heavy atom. The van der Waals surface area contributed by atoms with E-state index in [1.165, 1.54) is 12.1 Å². The lowest BCUT2D eigenvalue weighted by Crippen LogP contribution is -2.20. The Morgan fingerprint density at radius 1 is 1.43 bits per heavy atom. The molecule has 0 aliphatic rings. The van der Waals surface area contributed by atoms with Gasteiger partial charge in [-0.15, -0.1) is 0 Å². The van der Waals surface area contributed by atoms with Gasteiger partial charge in [-0.25, -0.2) is 4.79 Å². The number of hydrogen-bond acceptors (Lipinski definition) is 5. The van der Waals surface area contributed by atoms with E-state index in [2.05, 4.69) is 5.32 Å². The van der Waals surface area contributed by atoms with Crippen molar-refractivity contribution in [1.29, 1.82) is 0 Å². The molecule has 1 atom stereocenters. The third-order valence-corrected chi connectivity index (χ3v) is 3.11. The van der Waals surface area contributed by atoms with E-state index >= 15 is 0 Å². The molecule has 1 heterocycles. The van der Waals surface area contributed by atoms with E-state index in [1.54, 1.807) is 24.5 Å². The summed E-state index contributed by atoms with van der Waals surface area (Å²) >= 11 is 0. The summed E-state index contributed by atoms with van der Waals surface area (Å²) in [4.78, 5) is 21.5. The molecule has 7 heteroatoms. The first kappa shape index (κ1) is 14.7.